The molecule has 0 aliphatic carbocycles. The number of rotatable bonds is 7. The molecule has 1 aliphatic rings. The minimum absolute atomic E-state index is 0.229. The van der Waals surface area contributed by atoms with Gasteiger partial charge in [0, 0.05) is 25.7 Å². The average Bonchev–Trinajstić information content (AvgIpc) is 2.60. The molecular weight excluding hydrogens is 308 g/mol. The van der Waals surface area contributed by atoms with Gasteiger partial charge in [-0.25, -0.2) is 4.79 Å². The van der Waals surface area contributed by atoms with Crippen LogP contribution in [0.15, 0.2) is 4.99 Å². The van der Waals surface area contributed by atoms with Crippen molar-refractivity contribution in [3.8, 4) is 0 Å². The number of piperidine rings is 1. The van der Waals surface area contributed by atoms with Gasteiger partial charge >= 0.3 is 6.09 Å². The topological polar surface area (TPSA) is 86.2 Å². The summed E-state index contributed by atoms with van der Waals surface area (Å²) in [5, 5.41) is 17.0. The molecule has 7 heteroatoms. The Morgan fingerprint density at radius 1 is 1.25 bits per heavy atom. The van der Waals surface area contributed by atoms with Crippen LogP contribution in [0.25, 0.3) is 0 Å². The van der Waals surface area contributed by atoms with E-state index >= 15 is 0 Å². The summed E-state index contributed by atoms with van der Waals surface area (Å²) in [6.07, 6.45) is 2.85. The number of likely N-dealkylation sites (tertiary alicyclic amines) is 1. The van der Waals surface area contributed by atoms with E-state index in [9.17, 15) is 9.90 Å². The number of aliphatic imine (C=N–C) groups is 1. The molecule has 0 aromatic heterocycles. The summed E-state index contributed by atoms with van der Waals surface area (Å²) in [4.78, 5) is 18.0. The zero-order valence-corrected chi connectivity index (χ0v) is 15.6. The lowest BCUT2D eigenvalue weighted by Crippen LogP contribution is -2.50. The standard InChI is InChI=1S/C17H34N4O3/c1-5-17(23,6-2)13-19-15(18-7-3)20-14-9-11-21(12-10-14)16(22)24-8-4/h14,23H,5-13H2,1-4H3,(H2,18,19,20). The second-order valence-electron chi connectivity index (χ2n) is 6.23. The Labute approximate surface area is 145 Å². The first-order valence-corrected chi connectivity index (χ1v) is 9.16. The Balaban J connectivity index is 2.53. The molecule has 1 aliphatic heterocycles. The van der Waals surface area contributed by atoms with E-state index in [1.807, 2.05) is 27.7 Å². The van der Waals surface area contributed by atoms with Gasteiger partial charge in [-0.15, -0.1) is 0 Å². The van der Waals surface area contributed by atoms with Crippen LogP contribution in [0.5, 0.6) is 0 Å². The summed E-state index contributed by atoms with van der Waals surface area (Å²) in [5.74, 6) is 0.729. The molecule has 0 unspecified atom stereocenters. The number of guanidine groups is 1. The highest BCUT2D eigenvalue weighted by atomic mass is 16.6. The van der Waals surface area contributed by atoms with E-state index in [4.69, 9.17) is 4.74 Å². The van der Waals surface area contributed by atoms with Gasteiger partial charge in [-0.3, -0.25) is 4.99 Å². The van der Waals surface area contributed by atoms with E-state index in [0.29, 0.717) is 39.1 Å². The lowest BCUT2D eigenvalue weighted by atomic mass is 9.98. The minimum Gasteiger partial charge on any atom is -0.450 e. The molecule has 140 valence electrons. The molecule has 1 fully saturated rings. The predicted octanol–water partition coefficient (Wildman–Crippen LogP) is 1.71. The third kappa shape index (κ3) is 6.55. The lowest BCUT2D eigenvalue weighted by Gasteiger charge is -2.32. The first kappa shape index (κ1) is 20.5. The number of hydrogen-bond acceptors (Lipinski definition) is 4. The summed E-state index contributed by atoms with van der Waals surface area (Å²) in [6, 6.07) is 0.268. The monoisotopic (exact) mass is 342 g/mol. The van der Waals surface area contributed by atoms with Crippen molar-refractivity contribution < 1.29 is 14.6 Å². The number of amides is 1. The quantitative estimate of drug-likeness (QED) is 0.484. The SMILES string of the molecule is CCNC(=NCC(O)(CC)CC)NC1CCN(C(=O)OCC)CC1. The predicted molar refractivity (Wildman–Crippen MR) is 96.3 cm³/mol. The smallest absolute Gasteiger partial charge is 0.409 e. The van der Waals surface area contributed by atoms with Crippen molar-refractivity contribution in [2.24, 2.45) is 4.99 Å². The van der Waals surface area contributed by atoms with Crippen LogP contribution in [0.4, 0.5) is 4.79 Å². The van der Waals surface area contributed by atoms with E-state index < -0.39 is 5.60 Å². The lowest BCUT2D eigenvalue weighted by molar-refractivity contribution is 0.0417. The highest BCUT2D eigenvalue weighted by molar-refractivity contribution is 5.80. The van der Waals surface area contributed by atoms with Crippen molar-refractivity contribution in [1.82, 2.24) is 15.5 Å². The van der Waals surface area contributed by atoms with Crippen LogP contribution in [0.1, 0.15) is 53.4 Å². The van der Waals surface area contributed by atoms with Crippen molar-refractivity contribution in [2.75, 3.05) is 32.8 Å². The third-order valence-corrected chi connectivity index (χ3v) is 4.55. The van der Waals surface area contributed by atoms with E-state index in [1.165, 1.54) is 0 Å². The summed E-state index contributed by atoms with van der Waals surface area (Å²) in [7, 11) is 0. The zero-order chi connectivity index (χ0) is 18.0. The maximum absolute atomic E-state index is 11.7. The fourth-order valence-corrected chi connectivity index (χ4v) is 2.63. The molecule has 3 N–H and O–H groups in total. The van der Waals surface area contributed by atoms with Crippen LogP contribution in [0.2, 0.25) is 0 Å². The molecule has 0 aromatic carbocycles. The van der Waals surface area contributed by atoms with Crippen LogP contribution in [-0.2, 0) is 4.74 Å². The number of nitrogens with zero attached hydrogens (tertiary/aromatic N) is 2. The molecule has 0 radical (unpaired) electrons. The molecule has 1 rings (SSSR count). The molecule has 0 saturated carbocycles. The fourth-order valence-electron chi connectivity index (χ4n) is 2.63. The maximum atomic E-state index is 11.7. The highest BCUT2D eigenvalue weighted by Gasteiger charge is 2.25. The van der Waals surface area contributed by atoms with Crippen molar-refractivity contribution in [3.05, 3.63) is 0 Å². The molecular formula is C17H34N4O3. The Morgan fingerprint density at radius 2 is 1.88 bits per heavy atom. The van der Waals surface area contributed by atoms with Crippen LogP contribution < -0.4 is 10.6 Å². The zero-order valence-electron chi connectivity index (χ0n) is 15.6. The van der Waals surface area contributed by atoms with Crippen LogP contribution in [-0.4, -0.2) is 66.5 Å². The molecule has 1 amide bonds. The maximum Gasteiger partial charge on any atom is 0.409 e. The normalized spacial score (nSPS) is 16.9. The van der Waals surface area contributed by atoms with Crippen molar-refractivity contribution >= 4 is 12.1 Å². The van der Waals surface area contributed by atoms with E-state index in [1.54, 1.807) is 4.90 Å². The van der Waals surface area contributed by atoms with Gasteiger partial charge in [0.25, 0.3) is 0 Å². The first-order chi connectivity index (χ1) is 11.5. The summed E-state index contributed by atoms with van der Waals surface area (Å²) in [5.41, 5.74) is -0.740. The number of aliphatic hydroxyl groups is 1. The molecule has 0 bridgehead atoms. The molecule has 0 spiro atoms. The number of hydrogen-bond donors (Lipinski definition) is 3. The van der Waals surface area contributed by atoms with E-state index in [2.05, 4.69) is 15.6 Å². The molecule has 0 atom stereocenters. The Hall–Kier alpha value is -1.50. The summed E-state index contributed by atoms with van der Waals surface area (Å²) in [6.45, 7) is 10.7. The second-order valence-corrected chi connectivity index (χ2v) is 6.23. The number of nitrogens with one attached hydrogen (secondary N) is 2. The highest BCUT2D eigenvalue weighted by Crippen LogP contribution is 2.15. The van der Waals surface area contributed by atoms with Crippen LogP contribution >= 0.6 is 0 Å². The second kappa shape index (κ2) is 10.4. The fraction of sp³-hybridized carbons (Fsp3) is 0.882. The number of ether oxygens (including phenoxy) is 1. The van der Waals surface area contributed by atoms with E-state index in [-0.39, 0.29) is 12.1 Å². The van der Waals surface area contributed by atoms with Gasteiger partial charge in [0.2, 0.25) is 0 Å². The molecule has 24 heavy (non-hydrogen) atoms. The van der Waals surface area contributed by atoms with Crippen molar-refractivity contribution in [3.63, 3.8) is 0 Å². The summed E-state index contributed by atoms with van der Waals surface area (Å²) >= 11 is 0. The van der Waals surface area contributed by atoms with Gasteiger partial charge in [-0.2, -0.15) is 0 Å². The Bertz CT molecular complexity index is 403. The largest absolute Gasteiger partial charge is 0.450 e. The first-order valence-electron chi connectivity index (χ1n) is 9.16. The number of carbonyl (C=O) groups excluding carboxylic acids is 1. The Kier molecular flexibility index (Phi) is 8.89. The average molecular weight is 342 g/mol. The van der Waals surface area contributed by atoms with Gasteiger partial charge in [-0.1, -0.05) is 13.8 Å². The molecule has 1 heterocycles. The van der Waals surface area contributed by atoms with Crippen LogP contribution in [0.3, 0.4) is 0 Å². The number of carbonyl (C=O) groups is 1. The molecule has 0 aromatic rings. The molecule has 7 nitrogen and oxygen atoms in total. The third-order valence-electron chi connectivity index (χ3n) is 4.55. The van der Waals surface area contributed by atoms with Gasteiger partial charge in [0.1, 0.15) is 0 Å². The minimum atomic E-state index is -0.740. The summed E-state index contributed by atoms with van der Waals surface area (Å²) < 4.78 is 5.04. The van der Waals surface area contributed by atoms with Crippen LogP contribution in [0, 0.1) is 0 Å². The van der Waals surface area contributed by atoms with Gasteiger partial charge in [0.15, 0.2) is 5.96 Å². The molecule has 1 saturated heterocycles. The van der Waals surface area contributed by atoms with Gasteiger partial charge < -0.3 is 25.4 Å². The van der Waals surface area contributed by atoms with Crippen molar-refractivity contribution in [1.29, 1.82) is 0 Å². The van der Waals surface area contributed by atoms with Gasteiger partial charge in [0.05, 0.1) is 18.8 Å². The van der Waals surface area contributed by atoms with E-state index in [0.717, 1.165) is 25.3 Å². The Morgan fingerprint density at radius 3 is 2.38 bits per heavy atom. The van der Waals surface area contributed by atoms with Gasteiger partial charge in [-0.05, 0) is 39.5 Å². The van der Waals surface area contributed by atoms with Crippen molar-refractivity contribution in [2.45, 2.75) is 65.0 Å².